The van der Waals surface area contributed by atoms with Crippen LogP contribution in [0.3, 0.4) is 0 Å². The number of hydrogen-bond donors (Lipinski definition) is 0. The number of esters is 1. The van der Waals surface area contributed by atoms with Gasteiger partial charge in [-0.15, -0.1) is 0 Å². The quantitative estimate of drug-likeness (QED) is 0.700. The van der Waals surface area contributed by atoms with Crippen molar-refractivity contribution >= 4 is 5.97 Å². The van der Waals surface area contributed by atoms with Crippen LogP contribution in [0.5, 0.6) is 0 Å². The molecular formula is C11H18N2O2. The Morgan fingerprint density at radius 3 is 2.60 bits per heavy atom. The topological polar surface area (TPSA) is 44.1 Å². The van der Waals surface area contributed by atoms with E-state index < -0.39 is 0 Å². The van der Waals surface area contributed by atoms with Crippen LogP contribution in [0.1, 0.15) is 43.7 Å². The first kappa shape index (κ1) is 11.8. The zero-order valence-corrected chi connectivity index (χ0v) is 10.00. The van der Waals surface area contributed by atoms with Gasteiger partial charge in [-0.25, -0.2) is 4.79 Å². The molecule has 4 heteroatoms. The van der Waals surface area contributed by atoms with Crippen LogP contribution in [-0.2, 0) is 17.2 Å². The summed E-state index contributed by atoms with van der Waals surface area (Å²) in [4.78, 5) is 11.6. The van der Waals surface area contributed by atoms with Gasteiger partial charge in [0.2, 0.25) is 0 Å². The van der Waals surface area contributed by atoms with Gasteiger partial charge in [0.25, 0.3) is 0 Å². The summed E-state index contributed by atoms with van der Waals surface area (Å²) in [5, 5.41) is 4.30. The molecule has 1 aromatic rings. The number of carbonyl (C=O) groups is 1. The second-order valence-electron chi connectivity index (χ2n) is 4.54. The SMILES string of the molecule is CCOC(=O)c1cn(C)nc1C(C)(C)C. The molecule has 4 nitrogen and oxygen atoms in total. The standard InChI is InChI=1S/C11H18N2O2/c1-6-15-10(14)8-7-13(5)12-9(8)11(2,3)4/h7H,6H2,1-5H3. The largest absolute Gasteiger partial charge is 0.462 e. The second-order valence-corrected chi connectivity index (χ2v) is 4.54. The van der Waals surface area contributed by atoms with E-state index >= 15 is 0 Å². The predicted octanol–water partition coefficient (Wildman–Crippen LogP) is 1.89. The van der Waals surface area contributed by atoms with E-state index in [2.05, 4.69) is 5.10 Å². The Bertz CT molecular complexity index is 361. The Morgan fingerprint density at radius 2 is 2.13 bits per heavy atom. The molecule has 0 atom stereocenters. The summed E-state index contributed by atoms with van der Waals surface area (Å²) in [6.07, 6.45) is 1.71. The van der Waals surface area contributed by atoms with Crippen molar-refractivity contribution in [1.29, 1.82) is 0 Å². The highest BCUT2D eigenvalue weighted by Crippen LogP contribution is 2.24. The lowest BCUT2D eigenvalue weighted by atomic mass is 9.90. The van der Waals surface area contributed by atoms with Crippen LogP contribution in [0.4, 0.5) is 0 Å². The van der Waals surface area contributed by atoms with Gasteiger partial charge in [0.15, 0.2) is 0 Å². The first-order valence-electron chi connectivity index (χ1n) is 5.07. The minimum absolute atomic E-state index is 0.149. The lowest BCUT2D eigenvalue weighted by Crippen LogP contribution is -2.17. The summed E-state index contributed by atoms with van der Waals surface area (Å²) >= 11 is 0. The monoisotopic (exact) mass is 210 g/mol. The zero-order valence-electron chi connectivity index (χ0n) is 10.00. The third-order valence-electron chi connectivity index (χ3n) is 2.03. The van der Waals surface area contributed by atoms with E-state index in [1.807, 2.05) is 20.8 Å². The average molecular weight is 210 g/mol. The van der Waals surface area contributed by atoms with Crippen LogP contribution in [-0.4, -0.2) is 22.4 Å². The van der Waals surface area contributed by atoms with Gasteiger partial charge in [-0.3, -0.25) is 4.68 Å². The first-order valence-corrected chi connectivity index (χ1v) is 5.07. The van der Waals surface area contributed by atoms with Crippen LogP contribution < -0.4 is 0 Å². The van der Waals surface area contributed by atoms with Gasteiger partial charge in [-0.1, -0.05) is 20.8 Å². The minimum Gasteiger partial charge on any atom is -0.462 e. The molecule has 0 saturated heterocycles. The molecule has 0 bridgehead atoms. The highest BCUT2D eigenvalue weighted by atomic mass is 16.5. The van der Waals surface area contributed by atoms with E-state index in [0.29, 0.717) is 12.2 Å². The molecular weight excluding hydrogens is 192 g/mol. The molecule has 0 unspecified atom stereocenters. The lowest BCUT2D eigenvalue weighted by Gasteiger charge is -2.16. The van der Waals surface area contributed by atoms with E-state index in [1.54, 1.807) is 24.9 Å². The van der Waals surface area contributed by atoms with Crippen molar-refractivity contribution in [3.8, 4) is 0 Å². The van der Waals surface area contributed by atoms with E-state index in [0.717, 1.165) is 5.69 Å². The summed E-state index contributed by atoms with van der Waals surface area (Å²) in [7, 11) is 1.80. The van der Waals surface area contributed by atoms with Crippen LogP contribution in [0.15, 0.2) is 6.20 Å². The molecule has 1 heterocycles. The van der Waals surface area contributed by atoms with E-state index in [9.17, 15) is 4.79 Å². The highest BCUT2D eigenvalue weighted by molar-refractivity contribution is 5.90. The van der Waals surface area contributed by atoms with Crippen molar-refractivity contribution in [2.24, 2.45) is 7.05 Å². The van der Waals surface area contributed by atoms with Crippen molar-refractivity contribution in [2.45, 2.75) is 33.1 Å². The zero-order chi connectivity index (χ0) is 11.6. The molecule has 84 valence electrons. The molecule has 0 N–H and O–H groups in total. The lowest BCUT2D eigenvalue weighted by molar-refractivity contribution is 0.0523. The summed E-state index contributed by atoms with van der Waals surface area (Å²) in [6.45, 7) is 8.26. The summed E-state index contributed by atoms with van der Waals surface area (Å²) in [5.74, 6) is -0.296. The number of rotatable bonds is 2. The maximum atomic E-state index is 11.6. The maximum absolute atomic E-state index is 11.6. The molecule has 0 fully saturated rings. The number of aromatic nitrogens is 2. The van der Waals surface area contributed by atoms with Crippen LogP contribution >= 0.6 is 0 Å². The van der Waals surface area contributed by atoms with E-state index in [1.165, 1.54) is 0 Å². The fourth-order valence-corrected chi connectivity index (χ4v) is 1.40. The molecule has 0 radical (unpaired) electrons. The Labute approximate surface area is 90.2 Å². The molecule has 0 aromatic carbocycles. The van der Waals surface area contributed by atoms with Crippen molar-refractivity contribution in [3.05, 3.63) is 17.5 Å². The molecule has 1 aromatic heterocycles. The maximum Gasteiger partial charge on any atom is 0.341 e. The van der Waals surface area contributed by atoms with Gasteiger partial charge in [0.1, 0.15) is 5.56 Å². The summed E-state index contributed by atoms with van der Waals surface area (Å²) in [6, 6.07) is 0. The Hall–Kier alpha value is -1.32. The number of nitrogens with zero attached hydrogens (tertiary/aromatic N) is 2. The van der Waals surface area contributed by atoms with Gasteiger partial charge in [-0.2, -0.15) is 5.10 Å². The molecule has 0 aliphatic rings. The molecule has 0 aliphatic heterocycles. The smallest absolute Gasteiger partial charge is 0.341 e. The number of aryl methyl sites for hydroxylation is 1. The second kappa shape index (κ2) is 4.04. The Kier molecular flexibility index (Phi) is 3.17. The molecule has 0 saturated carbocycles. The first-order chi connectivity index (χ1) is 6.86. The predicted molar refractivity (Wildman–Crippen MR) is 57.9 cm³/mol. The molecule has 1 rings (SSSR count). The van der Waals surface area contributed by atoms with Crippen molar-refractivity contribution < 1.29 is 9.53 Å². The van der Waals surface area contributed by atoms with Crippen molar-refractivity contribution in [1.82, 2.24) is 9.78 Å². The normalized spacial score (nSPS) is 11.5. The number of hydrogen-bond acceptors (Lipinski definition) is 3. The third-order valence-corrected chi connectivity index (χ3v) is 2.03. The Morgan fingerprint density at radius 1 is 1.53 bits per heavy atom. The van der Waals surface area contributed by atoms with Gasteiger partial charge in [0.05, 0.1) is 12.3 Å². The van der Waals surface area contributed by atoms with Gasteiger partial charge in [0, 0.05) is 18.7 Å². The van der Waals surface area contributed by atoms with E-state index in [-0.39, 0.29) is 11.4 Å². The van der Waals surface area contributed by atoms with E-state index in [4.69, 9.17) is 4.74 Å². The molecule has 15 heavy (non-hydrogen) atoms. The molecule has 0 amide bonds. The van der Waals surface area contributed by atoms with Gasteiger partial charge >= 0.3 is 5.97 Å². The van der Waals surface area contributed by atoms with Crippen LogP contribution in [0.2, 0.25) is 0 Å². The summed E-state index contributed by atoms with van der Waals surface area (Å²) in [5.41, 5.74) is 1.19. The highest BCUT2D eigenvalue weighted by Gasteiger charge is 2.26. The van der Waals surface area contributed by atoms with Crippen LogP contribution in [0.25, 0.3) is 0 Å². The Balaban J connectivity index is 3.12. The van der Waals surface area contributed by atoms with Gasteiger partial charge in [-0.05, 0) is 6.92 Å². The fourth-order valence-electron chi connectivity index (χ4n) is 1.40. The van der Waals surface area contributed by atoms with Crippen molar-refractivity contribution in [3.63, 3.8) is 0 Å². The number of ether oxygens (including phenoxy) is 1. The molecule has 0 spiro atoms. The third kappa shape index (κ3) is 2.58. The number of carbonyl (C=O) groups excluding carboxylic acids is 1. The fraction of sp³-hybridized carbons (Fsp3) is 0.636. The van der Waals surface area contributed by atoms with Crippen molar-refractivity contribution in [2.75, 3.05) is 6.61 Å². The average Bonchev–Trinajstić information content (AvgIpc) is 2.47. The minimum atomic E-state index is -0.296. The van der Waals surface area contributed by atoms with Gasteiger partial charge < -0.3 is 4.74 Å². The van der Waals surface area contributed by atoms with Crippen LogP contribution in [0, 0.1) is 0 Å². The molecule has 0 aliphatic carbocycles. The summed E-state index contributed by atoms with van der Waals surface area (Å²) < 4.78 is 6.63.